The van der Waals surface area contributed by atoms with E-state index in [1.165, 1.54) is 11.8 Å². The van der Waals surface area contributed by atoms with Crippen LogP contribution in [-0.4, -0.2) is 63.4 Å². The van der Waals surface area contributed by atoms with Crippen LogP contribution in [0, 0.1) is 11.6 Å². The topological polar surface area (TPSA) is 88.9 Å². The molecule has 3 heterocycles. The van der Waals surface area contributed by atoms with Crippen LogP contribution in [0.25, 0.3) is 10.9 Å². The van der Waals surface area contributed by atoms with Gasteiger partial charge in [0.2, 0.25) is 5.88 Å². The molecule has 250 valence electrons. The highest BCUT2D eigenvalue weighted by atomic mass is 79.9. The lowest BCUT2D eigenvalue weighted by Gasteiger charge is -2.34. The maximum atomic E-state index is 13.9. The molecule has 3 aromatic carbocycles. The maximum Gasteiger partial charge on any atom is 0.270 e. The summed E-state index contributed by atoms with van der Waals surface area (Å²) in [4.78, 5) is 34.4. The third-order valence-corrected chi connectivity index (χ3v) is 7.99. The first kappa shape index (κ1) is 34.5. The van der Waals surface area contributed by atoms with Gasteiger partial charge >= 0.3 is 0 Å². The number of carbonyl (C=O) groups excluding carboxylic acids is 2. The largest absolute Gasteiger partial charge is 0.491 e. The molecule has 12 heteroatoms. The molecule has 0 spiro atoms. The molecular weight excluding hydrogens is 684 g/mol. The second-order valence-corrected chi connectivity index (χ2v) is 11.8. The number of pyridine rings is 1. The van der Waals surface area contributed by atoms with E-state index in [1.54, 1.807) is 18.2 Å². The van der Waals surface area contributed by atoms with Gasteiger partial charge in [-0.25, -0.2) is 13.8 Å². The van der Waals surface area contributed by atoms with Crippen molar-refractivity contribution in [3.8, 4) is 17.4 Å². The molecule has 5 aromatic rings. The maximum absolute atomic E-state index is 13.9. The van der Waals surface area contributed by atoms with Crippen LogP contribution in [0.15, 0.2) is 85.1 Å². The normalized spacial score (nSPS) is 13.3. The third-order valence-electron chi connectivity index (χ3n) is 7.99. The molecule has 1 aliphatic heterocycles. The molecule has 2 aromatic heterocycles. The summed E-state index contributed by atoms with van der Waals surface area (Å²) in [6, 6.07) is 21.5. The Hall–Kier alpha value is -4.81. The smallest absolute Gasteiger partial charge is 0.270 e. The zero-order chi connectivity index (χ0) is 33.1. The van der Waals surface area contributed by atoms with Crippen LogP contribution >= 0.6 is 17.0 Å². The Bertz CT molecular complexity index is 1910. The number of fused-ring (bicyclic) bond motifs is 1. The van der Waals surface area contributed by atoms with Gasteiger partial charge in [-0.2, -0.15) is 0 Å². The highest BCUT2D eigenvalue weighted by molar-refractivity contribution is 8.93. The van der Waals surface area contributed by atoms with Crippen molar-refractivity contribution in [1.82, 2.24) is 19.4 Å². The number of benzene rings is 3. The lowest BCUT2D eigenvalue weighted by atomic mass is 10.2. The van der Waals surface area contributed by atoms with Gasteiger partial charge in [0.05, 0.1) is 29.1 Å². The third kappa shape index (κ3) is 8.00. The quantitative estimate of drug-likeness (QED) is 0.173. The van der Waals surface area contributed by atoms with Crippen LogP contribution in [0.2, 0.25) is 0 Å². The molecule has 0 radical (unpaired) electrons. The number of aryl methyl sites for hydroxylation is 1. The van der Waals surface area contributed by atoms with Crippen LogP contribution in [-0.2, 0) is 13.6 Å². The van der Waals surface area contributed by atoms with Crippen LogP contribution < -0.4 is 14.8 Å². The Labute approximate surface area is 287 Å². The highest BCUT2D eigenvalue weighted by Crippen LogP contribution is 2.28. The zero-order valence-corrected chi connectivity index (χ0v) is 28.5. The van der Waals surface area contributed by atoms with E-state index in [4.69, 9.17) is 9.47 Å². The molecule has 1 saturated heterocycles. The second kappa shape index (κ2) is 15.0. The first-order valence-electron chi connectivity index (χ1n) is 15.4. The van der Waals surface area contributed by atoms with Gasteiger partial charge < -0.3 is 24.3 Å². The summed E-state index contributed by atoms with van der Waals surface area (Å²) in [6.07, 6.45) is 1.52. The van der Waals surface area contributed by atoms with Gasteiger partial charge in [-0.1, -0.05) is 12.1 Å². The average Bonchev–Trinajstić information content (AvgIpc) is 3.38. The van der Waals surface area contributed by atoms with Gasteiger partial charge in [-0.3, -0.25) is 14.5 Å². The predicted octanol–water partition coefficient (Wildman–Crippen LogP) is 7.22. The number of amides is 2. The van der Waals surface area contributed by atoms with Gasteiger partial charge in [-0.05, 0) is 67.9 Å². The first-order chi connectivity index (χ1) is 22.6. The predicted molar refractivity (Wildman–Crippen MR) is 185 cm³/mol. The summed E-state index contributed by atoms with van der Waals surface area (Å²) in [5, 5.41) is 3.44. The Morgan fingerprint density at radius 3 is 2.29 bits per heavy atom. The minimum Gasteiger partial charge on any atom is -0.491 e. The van der Waals surface area contributed by atoms with Crippen molar-refractivity contribution >= 4 is 45.4 Å². The van der Waals surface area contributed by atoms with Crippen molar-refractivity contribution < 1.29 is 27.8 Å². The first-order valence-corrected chi connectivity index (χ1v) is 15.4. The standard InChI is InChI=1S/C36H35F2N5O4.BrH/c1-23(2)46-28-9-4-24(5-10-28)22-42-14-16-43(17-15-42)36(45)33-18-25-6-11-29(20-32(25)41(33)3)47-34-13-8-27(21-39-34)40-35(44)30-12-7-26(37)19-31(30)38;/h4-13,18-21,23H,14-17,22H2,1-3H3,(H,40,44);1H. The molecule has 48 heavy (non-hydrogen) atoms. The highest BCUT2D eigenvalue weighted by Gasteiger charge is 2.25. The van der Waals surface area contributed by atoms with Gasteiger partial charge in [0.1, 0.15) is 28.8 Å². The number of nitrogens with zero attached hydrogens (tertiary/aromatic N) is 4. The number of hydrogen-bond acceptors (Lipinski definition) is 6. The number of nitrogens with one attached hydrogen (secondary N) is 1. The Kier molecular flexibility index (Phi) is 10.8. The van der Waals surface area contributed by atoms with E-state index >= 15 is 0 Å². The molecule has 1 N–H and O–H groups in total. The fraction of sp³-hybridized carbons (Fsp3) is 0.250. The molecule has 2 amide bonds. The Morgan fingerprint density at radius 2 is 1.62 bits per heavy atom. The van der Waals surface area contributed by atoms with E-state index in [9.17, 15) is 18.4 Å². The number of carbonyl (C=O) groups is 2. The zero-order valence-electron chi connectivity index (χ0n) is 26.8. The number of ether oxygens (including phenoxy) is 2. The Balaban J connectivity index is 0.00000451. The number of aromatic nitrogens is 2. The van der Waals surface area contributed by atoms with Gasteiger partial charge in [0, 0.05) is 63.4 Å². The van der Waals surface area contributed by atoms with Crippen LogP contribution in [0.1, 0.15) is 40.3 Å². The Morgan fingerprint density at radius 1 is 0.896 bits per heavy atom. The minimum absolute atomic E-state index is 0. The molecule has 0 atom stereocenters. The van der Waals surface area contributed by atoms with Crippen molar-refractivity contribution in [2.75, 3.05) is 31.5 Å². The summed E-state index contributed by atoms with van der Waals surface area (Å²) < 4.78 is 40.7. The van der Waals surface area contributed by atoms with Crippen LogP contribution in [0.5, 0.6) is 17.4 Å². The number of piperazine rings is 1. The molecule has 0 saturated carbocycles. The van der Waals surface area contributed by atoms with Gasteiger partial charge in [0.25, 0.3) is 11.8 Å². The van der Waals surface area contributed by atoms with E-state index in [0.717, 1.165) is 48.4 Å². The lowest BCUT2D eigenvalue weighted by molar-refractivity contribution is 0.0619. The fourth-order valence-corrected chi connectivity index (χ4v) is 5.56. The van der Waals surface area contributed by atoms with Gasteiger partial charge in [0.15, 0.2) is 0 Å². The van der Waals surface area contributed by atoms with E-state index in [0.29, 0.717) is 36.3 Å². The number of rotatable bonds is 9. The molecule has 0 aliphatic carbocycles. The van der Waals surface area contributed by atoms with E-state index < -0.39 is 17.5 Å². The molecule has 1 fully saturated rings. The molecule has 1 aliphatic rings. The average molecular weight is 721 g/mol. The number of anilines is 1. The minimum atomic E-state index is -0.954. The monoisotopic (exact) mass is 719 g/mol. The van der Waals surface area contributed by atoms with E-state index in [2.05, 4.69) is 27.3 Å². The van der Waals surface area contributed by atoms with Crippen LogP contribution in [0.4, 0.5) is 14.5 Å². The van der Waals surface area contributed by atoms with Crippen molar-refractivity contribution in [2.24, 2.45) is 7.05 Å². The lowest BCUT2D eigenvalue weighted by Crippen LogP contribution is -2.48. The van der Waals surface area contributed by atoms with Crippen molar-refractivity contribution in [3.05, 3.63) is 114 Å². The molecule has 0 unspecified atom stereocenters. The second-order valence-electron chi connectivity index (χ2n) is 11.8. The van der Waals surface area contributed by atoms with E-state index in [1.807, 2.05) is 60.7 Å². The van der Waals surface area contributed by atoms with Crippen molar-refractivity contribution in [2.45, 2.75) is 26.5 Å². The van der Waals surface area contributed by atoms with Crippen LogP contribution in [0.3, 0.4) is 0 Å². The van der Waals surface area contributed by atoms with Gasteiger partial charge in [-0.15, -0.1) is 17.0 Å². The summed E-state index contributed by atoms with van der Waals surface area (Å²) in [6.45, 7) is 7.70. The molecular formula is C36H36BrF2N5O4. The van der Waals surface area contributed by atoms with Crippen molar-refractivity contribution in [1.29, 1.82) is 0 Å². The number of hydrogen-bond donors (Lipinski definition) is 1. The number of halogens is 3. The van der Waals surface area contributed by atoms with E-state index in [-0.39, 0.29) is 40.4 Å². The summed E-state index contributed by atoms with van der Waals surface area (Å²) >= 11 is 0. The SMILES string of the molecule is Br.CC(C)Oc1ccc(CN2CCN(C(=O)c3cc4ccc(Oc5ccc(NC(=O)c6ccc(F)cc6F)cn5)cc4n3C)CC2)cc1. The molecule has 6 rings (SSSR count). The summed E-state index contributed by atoms with van der Waals surface area (Å²) in [5.74, 6) is -0.792. The summed E-state index contributed by atoms with van der Waals surface area (Å²) in [5.41, 5.74) is 2.68. The molecule has 0 bridgehead atoms. The molecule has 9 nitrogen and oxygen atoms in total. The fourth-order valence-electron chi connectivity index (χ4n) is 5.56. The summed E-state index contributed by atoms with van der Waals surface area (Å²) in [7, 11) is 1.86. The van der Waals surface area contributed by atoms with Crippen molar-refractivity contribution in [3.63, 3.8) is 0 Å².